The minimum Gasteiger partial charge on any atom is -0.338 e. The number of nitrogens with zero attached hydrogens (tertiary/aromatic N) is 2. The van der Waals surface area contributed by atoms with Crippen LogP contribution < -0.4 is 10.6 Å². The molecular weight excluding hydrogens is 424 g/mol. The number of hydrogen-bond donors (Lipinski definition) is 2. The summed E-state index contributed by atoms with van der Waals surface area (Å²) in [5.41, 5.74) is 2.57. The van der Waals surface area contributed by atoms with Crippen LogP contribution in [0.2, 0.25) is 0 Å². The van der Waals surface area contributed by atoms with E-state index in [2.05, 4.69) is 58.9 Å². The highest BCUT2D eigenvalue weighted by atomic mass is 32.2. The smallest absolute Gasteiger partial charge is 0.321 e. The molecule has 1 heterocycles. The van der Waals surface area contributed by atoms with Crippen LogP contribution in [0.5, 0.6) is 0 Å². The molecule has 3 amide bonds. The van der Waals surface area contributed by atoms with Gasteiger partial charge in [0.2, 0.25) is 5.91 Å². The number of hydrogen-bond acceptors (Lipinski definition) is 7. The monoisotopic (exact) mass is 452 g/mol. The number of amides is 3. The number of aromatic nitrogens is 2. The second-order valence-electron chi connectivity index (χ2n) is 7.37. The largest absolute Gasteiger partial charge is 0.338 e. The van der Waals surface area contributed by atoms with Crippen molar-refractivity contribution in [2.75, 3.05) is 6.54 Å². The van der Waals surface area contributed by atoms with Crippen LogP contribution in [0.4, 0.5) is 4.79 Å². The van der Waals surface area contributed by atoms with Crippen LogP contribution >= 0.6 is 34.9 Å². The maximum absolute atomic E-state index is 12.2. The number of benzene rings is 1. The standard InChI is InChI=1S/C20H28N4O2S3/c1-12(2)10-21-18(26)22-17(25)14(5)28-20-24-23-19(29-20)27-11-15-6-8-16(9-7-15)13(3)4/h6-9,12-14H,10-11H2,1-5H3,(H2,21,22,25,26). The quantitative estimate of drug-likeness (QED) is 0.526. The summed E-state index contributed by atoms with van der Waals surface area (Å²) in [6.45, 7) is 10.6. The third-order valence-corrected chi connectivity index (χ3v) is 7.26. The van der Waals surface area contributed by atoms with Gasteiger partial charge in [-0.2, -0.15) is 0 Å². The highest BCUT2D eigenvalue weighted by Gasteiger charge is 2.19. The van der Waals surface area contributed by atoms with E-state index < -0.39 is 11.3 Å². The van der Waals surface area contributed by atoms with Crippen LogP contribution in [0.1, 0.15) is 51.7 Å². The van der Waals surface area contributed by atoms with E-state index in [1.165, 1.54) is 34.2 Å². The highest BCUT2D eigenvalue weighted by molar-refractivity contribution is 8.03. The molecule has 1 atom stereocenters. The zero-order chi connectivity index (χ0) is 21.4. The van der Waals surface area contributed by atoms with Gasteiger partial charge in [-0.15, -0.1) is 10.2 Å². The molecule has 0 spiro atoms. The molecule has 9 heteroatoms. The van der Waals surface area contributed by atoms with Crippen LogP contribution in [0, 0.1) is 5.92 Å². The normalized spacial score (nSPS) is 12.2. The van der Waals surface area contributed by atoms with E-state index in [1.54, 1.807) is 18.7 Å². The van der Waals surface area contributed by atoms with Crippen molar-refractivity contribution in [2.45, 2.75) is 60.2 Å². The first kappa shape index (κ1) is 23.7. The molecule has 1 aromatic carbocycles. The molecule has 1 aromatic heterocycles. The number of imide groups is 1. The fourth-order valence-corrected chi connectivity index (χ4v) is 5.33. The van der Waals surface area contributed by atoms with Crippen molar-refractivity contribution in [3.8, 4) is 0 Å². The zero-order valence-corrected chi connectivity index (χ0v) is 19.8. The van der Waals surface area contributed by atoms with Gasteiger partial charge in [-0.1, -0.05) is 86.8 Å². The van der Waals surface area contributed by atoms with Gasteiger partial charge < -0.3 is 5.32 Å². The molecule has 2 N–H and O–H groups in total. The van der Waals surface area contributed by atoms with Gasteiger partial charge in [0.25, 0.3) is 0 Å². The summed E-state index contributed by atoms with van der Waals surface area (Å²) in [7, 11) is 0. The van der Waals surface area contributed by atoms with Gasteiger partial charge in [-0.25, -0.2) is 4.79 Å². The molecule has 29 heavy (non-hydrogen) atoms. The Labute approximate surface area is 185 Å². The number of urea groups is 1. The summed E-state index contributed by atoms with van der Waals surface area (Å²) < 4.78 is 1.58. The van der Waals surface area contributed by atoms with E-state index in [-0.39, 0.29) is 5.91 Å². The van der Waals surface area contributed by atoms with E-state index in [1.807, 2.05) is 13.8 Å². The van der Waals surface area contributed by atoms with Crippen molar-refractivity contribution in [3.05, 3.63) is 35.4 Å². The Morgan fingerprint density at radius 3 is 2.31 bits per heavy atom. The van der Waals surface area contributed by atoms with Gasteiger partial charge in [0, 0.05) is 12.3 Å². The van der Waals surface area contributed by atoms with Crippen molar-refractivity contribution in [1.82, 2.24) is 20.8 Å². The maximum Gasteiger partial charge on any atom is 0.321 e. The first-order valence-corrected chi connectivity index (χ1v) is 12.2. The Morgan fingerprint density at radius 1 is 1.03 bits per heavy atom. The van der Waals surface area contributed by atoms with Gasteiger partial charge in [0.1, 0.15) is 0 Å². The summed E-state index contributed by atoms with van der Waals surface area (Å²) in [5.74, 6) is 1.34. The third kappa shape index (κ3) is 8.36. The lowest BCUT2D eigenvalue weighted by Crippen LogP contribution is -2.43. The predicted molar refractivity (Wildman–Crippen MR) is 122 cm³/mol. The van der Waals surface area contributed by atoms with Crippen molar-refractivity contribution >= 4 is 46.8 Å². The fraction of sp³-hybridized carbons (Fsp3) is 0.500. The zero-order valence-electron chi connectivity index (χ0n) is 17.4. The molecule has 158 valence electrons. The second kappa shape index (κ2) is 11.6. The molecular formula is C20H28N4O2S3. The Bertz CT molecular complexity index is 806. The van der Waals surface area contributed by atoms with Gasteiger partial charge in [-0.05, 0) is 29.9 Å². The minimum atomic E-state index is -0.465. The summed E-state index contributed by atoms with van der Waals surface area (Å²) in [6, 6.07) is 8.16. The predicted octanol–water partition coefficient (Wildman–Crippen LogP) is 4.92. The average Bonchev–Trinajstić information content (AvgIpc) is 3.12. The molecule has 0 aliphatic heterocycles. The van der Waals surface area contributed by atoms with Gasteiger partial charge in [-0.3, -0.25) is 10.1 Å². The van der Waals surface area contributed by atoms with Crippen LogP contribution in [0.15, 0.2) is 32.9 Å². The SMILES string of the molecule is CC(C)CNC(=O)NC(=O)C(C)Sc1nnc(SCc2ccc(C(C)C)cc2)s1. The molecule has 0 radical (unpaired) electrons. The van der Waals surface area contributed by atoms with Crippen molar-refractivity contribution in [2.24, 2.45) is 5.92 Å². The number of thioether (sulfide) groups is 2. The summed E-state index contributed by atoms with van der Waals surface area (Å²) in [4.78, 5) is 23.9. The Hall–Kier alpha value is -1.58. The third-order valence-electron chi connectivity index (χ3n) is 3.95. The van der Waals surface area contributed by atoms with Crippen LogP contribution in [-0.2, 0) is 10.5 Å². The van der Waals surface area contributed by atoms with Gasteiger partial charge in [0.05, 0.1) is 5.25 Å². The second-order valence-corrected chi connectivity index (χ2v) is 11.2. The van der Waals surface area contributed by atoms with Crippen LogP contribution in [-0.4, -0.2) is 33.9 Å². The topological polar surface area (TPSA) is 84.0 Å². The molecule has 2 aromatic rings. The van der Waals surface area contributed by atoms with E-state index in [0.717, 1.165) is 10.1 Å². The molecule has 6 nitrogen and oxygen atoms in total. The lowest BCUT2D eigenvalue weighted by Gasteiger charge is -2.11. The Morgan fingerprint density at radius 2 is 1.69 bits per heavy atom. The lowest BCUT2D eigenvalue weighted by atomic mass is 10.0. The number of carbonyl (C=O) groups is 2. The molecule has 0 fully saturated rings. The summed E-state index contributed by atoms with van der Waals surface area (Å²) >= 11 is 4.40. The molecule has 2 rings (SSSR count). The minimum absolute atomic E-state index is 0.327. The van der Waals surface area contributed by atoms with Crippen molar-refractivity contribution < 1.29 is 9.59 Å². The number of carbonyl (C=O) groups excluding carboxylic acids is 2. The van der Waals surface area contributed by atoms with E-state index in [4.69, 9.17) is 0 Å². The molecule has 0 saturated heterocycles. The first-order valence-electron chi connectivity index (χ1n) is 9.55. The maximum atomic E-state index is 12.2. The molecule has 0 bridgehead atoms. The van der Waals surface area contributed by atoms with Gasteiger partial charge in [0.15, 0.2) is 8.68 Å². The Kier molecular flexibility index (Phi) is 9.45. The molecule has 1 unspecified atom stereocenters. The Balaban J connectivity index is 1.80. The highest BCUT2D eigenvalue weighted by Crippen LogP contribution is 2.32. The van der Waals surface area contributed by atoms with Crippen molar-refractivity contribution in [3.63, 3.8) is 0 Å². The summed E-state index contributed by atoms with van der Waals surface area (Å²) in [6.07, 6.45) is 0. The van der Waals surface area contributed by atoms with Gasteiger partial charge >= 0.3 is 6.03 Å². The van der Waals surface area contributed by atoms with E-state index in [0.29, 0.717) is 22.7 Å². The van der Waals surface area contributed by atoms with E-state index >= 15 is 0 Å². The number of nitrogens with one attached hydrogen (secondary N) is 2. The first-order chi connectivity index (χ1) is 13.7. The molecule has 0 saturated carbocycles. The summed E-state index contributed by atoms with van der Waals surface area (Å²) in [5, 5.41) is 13.0. The van der Waals surface area contributed by atoms with Crippen LogP contribution in [0.3, 0.4) is 0 Å². The average molecular weight is 453 g/mol. The fourth-order valence-electron chi connectivity index (χ4n) is 2.21. The van der Waals surface area contributed by atoms with Crippen molar-refractivity contribution in [1.29, 1.82) is 0 Å². The lowest BCUT2D eigenvalue weighted by molar-refractivity contribution is -0.119. The van der Waals surface area contributed by atoms with E-state index in [9.17, 15) is 9.59 Å². The molecule has 0 aliphatic rings. The van der Waals surface area contributed by atoms with Crippen LogP contribution in [0.25, 0.3) is 0 Å². The molecule has 0 aliphatic carbocycles. The number of rotatable bonds is 9.